The van der Waals surface area contributed by atoms with Crippen LogP contribution in [0.2, 0.25) is 0 Å². The van der Waals surface area contributed by atoms with Crippen molar-refractivity contribution in [3.63, 3.8) is 0 Å². The number of pyridine rings is 1. The molecule has 104 valence electrons. The molecule has 1 saturated carbocycles. The first-order valence-electron chi connectivity index (χ1n) is 6.72. The van der Waals surface area contributed by atoms with Gasteiger partial charge in [0.15, 0.2) is 0 Å². The Kier molecular flexibility index (Phi) is 4.45. The molecule has 1 aromatic heterocycles. The molecule has 0 aliphatic heterocycles. The number of carbonyl (C=O) groups is 1. The van der Waals surface area contributed by atoms with Crippen molar-refractivity contribution >= 4 is 27.7 Å². The van der Waals surface area contributed by atoms with Gasteiger partial charge >= 0.3 is 0 Å². The van der Waals surface area contributed by atoms with E-state index in [0.717, 1.165) is 17.6 Å². The summed E-state index contributed by atoms with van der Waals surface area (Å²) in [5.41, 5.74) is 0.882. The second-order valence-electron chi connectivity index (χ2n) is 5.43. The van der Waals surface area contributed by atoms with Crippen LogP contribution in [-0.2, 0) is 0 Å². The molecule has 1 aliphatic rings. The molecule has 0 aromatic carbocycles. The fraction of sp³-hybridized carbons (Fsp3) is 0.571. The lowest BCUT2D eigenvalue weighted by Crippen LogP contribution is -2.40. The average molecular weight is 326 g/mol. The van der Waals surface area contributed by atoms with Gasteiger partial charge in [0.1, 0.15) is 5.82 Å². The second-order valence-corrected chi connectivity index (χ2v) is 6.34. The third kappa shape index (κ3) is 3.47. The van der Waals surface area contributed by atoms with Crippen LogP contribution in [0.3, 0.4) is 0 Å². The molecular weight excluding hydrogens is 306 g/mol. The van der Waals surface area contributed by atoms with E-state index in [-0.39, 0.29) is 11.3 Å². The lowest BCUT2D eigenvalue weighted by molar-refractivity contribution is 0.0891. The molecule has 1 amide bonds. The minimum absolute atomic E-state index is 0.0575. The number of hydrogen-bond acceptors (Lipinski definition) is 3. The van der Waals surface area contributed by atoms with Gasteiger partial charge in [-0.3, -0.25) is 4.79 Å². The van der Waals surface area contributed by atoms with Crippen LogP contribution in [0.1, 0.15) is 43.5 Å². The van der Waals surface area contributed by atoms with Crippen LogP contribution in [0.5, 0.6) is 0 Å². The number of carbonyl (C=O) groups excluding carboxylic acids is 1. The van der Waals surface area contributed by atoms with E-state index in [9.17, 15) is 4.79 Å². The maximum absolute atomic E-state index is 12.3. The summed E-state index contributed by atoms with van der Waals surface area (Å²) in [6.45, 7) is 5.69. The van der Waals surface area contributed by atoms with E-state index in [4.69, 9.17) is 0 Å². The van der Waals surface area contributed by atoms with Crippen LogP contribution < -0.4 is 10.6 Å². The van der Waals surface area contributed by atoms with Crippen molar-refractivity contribution in [3.8, 4) is 0 Å². The average Bonchev–Trinajstić information content (AvgIpc) is 2.36. The minimum Gasteiger partial charge on any atom is -0.370 e. The highest BCUT2D eigenvalue weighted by molar-refractivity contribution is 9.10. The smallest absolute Gasteiger partial charge is 0.255 e. The lowest BCUT2D eigenvalue weighted by atomic mass is 9.70. The highest BCUT2D eigenvalue weighted by Crippen LogP contribution is 2.39. The van der Waals surface area contributed by atoms with Crippen LogP contribution in [-0.4, -0.2) is 24.0 Å². The summed E-state index contributed by atoms with van der Waals surface area (Å²) in [6.07, 6.45) is 5.36. The predicted octanol–water partition coefficient (Wildman–Crippen LogP) is 3.20. The highest BCUT2D eigenvalue weighted by atomic mass is 79.9. The zero-order valence-corrected chi connectivity index (χ0v) is 13.0. The standard InChI is InChI=1S/C14H20BrN3O/c1-3-16-12-11(7-10(15)8-17-12)13(19)18-9-14(2)5-4-6-14/h7-8H,3-6,9H2,1-2H3,(H,16,17)(H,18,19). The molecule has 0 spiro atoms. The van der Waals surface area contributed by atoms with Crippen LogP contribution in [0.4, 0.5) is 5.82 Å². The van der Waals surface area contributed by atoms with Gasteiger partial charge in [0.2, 0.25) is 0 Å². The predicted molar refractivity (Wildman–Crippen MR) is 80.4 cm³/mol. The largest absolute Gasteiger partial charge is 0.370 e. The van der Waals surface area contributed by atoms with Crippen molar-refractivity contribution in [3.05, 3.63) is 22.3 Å². The Hall–Kier alpha value is -1.10. The number of nitrogens with zero attached hydrogens (tertiary/aromatic N) is 1. The second kappa shape index (κ2) is 5.90. The molecule has 19 heavy (non-hydrogen) atoms. The number of nitrogens with one attached hydrogen (secondary N) is 2. The van der Waals surface area contributed by atoms with Crippen molar-refractivity contribution in [2.24, 2.45) is 5.41 Å². The van der Waals surface area contributed by atoms with Crippen LogP contribution in [0.15, 0.2) is 16.7 Å². The molecule has 4 nitrogen and oxygen atoms in total. The summed E-state index contributed by atoms with van der Waals surface area (Å²) < 4.78 is 0.814. The Balaban J connectivity index is 2.06. The first-order chi connectivity index (χ1) is 9.04. The van der Waals surface area contributed by atoms with Crippen LogP contribution in [0.25, 0.3) is 0 Å². The SMILES string of the molecule is CCNc1ncc(Br)cc1C(=O)NCC1(C)CCC1. The van der Waals surface area contributed by atoms with Crippen molar-refractivity contribution in [1.29, 1.82) is 0 Å². The van der Waals surface area contributed by atoms with Gasteiger partial charge in [0, 0.05) is 23.8 Å². The zero-order valence-electron chi connectivity index (χ0n) is 11.4. The van der Waals surface area contributed by atoms with Crippen molar-refractivity contribution in [2.75, 3.05) is 18.4 Å². The van der Waals surface area contributed by atoms with E-state index < -0.39 is 0 Å². The lowest BCUT2D eigenvalue weighted by Gasteiger charge is -2.38. The molecule has 0 bridgehead atoms. The number of hydrogen-bond donors (Lipinski definition) is 2. The third-order valence-corrected chi connectivity index (χ3v) is 4.11. The van der Waals surface area contributed by atoms with Gasteiger partial charge in [0.25, 0.3) is 5.91 Å². The normalized spacial score (nSPS) is 16.6. The Morgan fingerprint density at radius 2 is 2.26 bits per heavy atom. The zero-order chi connectivity index (χ0) is 13.9. The van der Waals surface area contributed by atoms with Crippen molar-refractivity contribution < 1.29 is 4.79 Å². The first-order valence-corrected chi connectivity index (χ1v) is 7.51. The summed E-state index contributed by atoms with van der Waals surface area (Å²) in [7, 11) is 0. The van der Waals surface area contributed by atoms with E-state index in [1.165, 1.54) is 19.3 Å². The number of anilines is 1. The monoisotopic (exact) mass is 325 g/mol. The fourth-order valence-electron chi connectivity index (χ4n) is 2.27. The molecule has 0 saturated heterocycles. The van der Waals surface area contributed by atoms with Gasteiger partial charge in [-0.05, 0) is 47.2 Å². The molecule has 2 rings (SSSR count). The molecule has 0 unspecified atom stereocenters. The Bertz CT molecular complexity index is 472. The summed E-state index contributed by atoms with van der Waals surface area (Å²) >= 11 is 3.36. The van der Waals surface area contributed by atoms with Crippen molar-refractivity contribution in [1.82, 2.24) is 10.3 Å². The molecule has 1 aliphatic carbocycles. The maximum atomic E-state index is 12.3. The van der Waals surface area contributed by atoms with Crippen LogP contribution in [0, 0.1) is 5.41 Å². The summed E-state index contributed by atoms with van der Waals surface area (Å²) in [5, 5.41) is 6.14. The van der Waals surface area contributed by atoms with E-state index in [0.29, 0.717) is 11.4 Å². The van der Waals surface area contributed by atoms with Gasteiger partial charge in [-0.1, -0.05) is 13.3 Å². The molecular formula is C14H20BrN3O. The van der Waals surface area contributed by atoms with Gasteiger partial charge in [0.05, 0.1) is 5.56 Å². The van der Waals surface area contributed by atoms with Crippen LogP contribution >= 0.6 is 15.9 Å². The Labute approximate surface area is 122 Å². The maximum Gasteiger partial charge on any atom is 0.255 e. The third-order valence-electron chi connectivity index (χ3n) is 3.68. The number of halogens is 1. The fourth-order valence-corrected chi connectivity index (χ4v) is 2.60. The summed E-state index contributed by atoms with van der Waals surface area (Å²) in [4.78, 5) is 16.5. The van der Waals surface area contributed by atoms with Gasteiger partial charge in [-0.25, -0.2) is 4.98 Å². The molecule has 0 radical (unpaired) electrons. The number of amides is 1. The first kappa shape index (κ1) is 14.3. The van der Waals surface area contributed by atoms with E-state index in [2.05, 4.69) is 38.5 Å². The van der Waals surface area contributed by atoms with E-state index in [1.54, 1.807) is 6.20 Å². The van der Waals surface area contributed by atoms with Gasteiger partial charge in [-0.15, -0.1) is 0 Å². The Morgan fingerprint density at radius 1 is 1.53 bits per heavy atom. The van der Waals surface area contributed by atoms with Crippen molar-refractivity contribution in [2.45, 2.75) is 33.1 Å². The highest BCUT2D eigenvalue weighted by Gasteiger charge is 2.32. The van der Waals surface area contributed by atoms with E-state index >= 15 is 0 Å². The minimum atomic E-state index is -0.0575. The van der Waals surface area contributed by atoms with E-state index in [1.807, 2.05) is 13.0 Å². The number of rotatable bonds is 5. The molecule has 0 atom stereocenters. The van der Waals surface area contributed by atoms with Gasteiger partial charge < -0.3 is 10.6 Å². The number of aromatic nitrogens is 1. The molecule has 1 heterocycles. The topological polar surface area (TPSA) is 54.0 Å². The van der Waals surface area contributed by atoms with Gasteiger partial charge in [-0.2, -0.15) is 0 Å². The Morgan fingerprint density at radius 3 is 2.84 bits per heavy atom. The summed E-state index contributed by atoms with van der Waals surface area (Å²) in [6, 6.07) is 1.81. The molecule has 5 heteroatoms. The summed E-state index contributed by atoms with van der Waals surface area (Å²) in [5.74, 6) is 0.583. The molecule has 1 aromatic rings. The quantitative estimate of drug-likeness (QED) is 0.874. The molecule has 2 N–H and O–H groups in total. The molecule has 1 fully saturated rings.